The van der Waals surface area contributed by atoms with Gasteiger partial charge in [0.2, 0.25) is 0 Å². The largest absolute Gasteiger partial charge is 0.505 e. The third kappa shape index (κ3) is 7.57. The minimum Gasteiger partial charge on any atom is -0.505 e. The number of fused-ring (bicyclic) bond motifs is 1. The molecule has 0 atom stereocenters. The van der Waals surface area contributed by atoms with Gasteiger partial charge in [-0.25, -0.2) is 4.31 Å². The molecule has 0 bridgehead atoms. The van der Waals surface area contributed by atoms with Gasteiger partial charge in [-0.2, -0.15) is 25.3 Å². The van der Waals surface area contributed by atoms with E-state index >= 15 is 0 Å². The SMILES string of the molecule is Cc1ccc(N(c2cc(S(=O)(=O)O)cc3cc(S(=O)(=O)O)c(N=Nc4cc(Cl)ccc4OCc4ccccc4)c(O)c23)S(=O)(=O)O)cc1. The molecule has 0 radical (unpaired) electrons. The van der Waals surface area contributed by atoms with Crippen LogP contribution in [0.5, 0.6) is 11.5 Å². The van der Waals surface area contributed by atoms with Crippen molar-refractivity contribution in [3.8, 4) is 11.5 Å². The van der Waals surface area contributed by atoms with Crippen molar-refractivity contribution in [2.24, 2.45) is 10.2 Å². The molecular formula is C30H24ClN3O11S3. The average molecular weight is 734 g/mol. The van der Waals surface area contributed by atoms with Gasteiger partial charge in [0.25, 0.3) is 20.2 Å². The normalized spacial score (nSPS) is 12.4. The van der Waals surface area contributed by atoms with Crippen LogP contribution >= 0.6 is 11.6 Å². The van der Waals surface area contributed by atoms with Gasteiger partial charge in [0.15, 0.2) is 5.75 Å². The minimum absolute atomic E-state index is 0.0413. The number of hydrogen-bond acceptors (Lipinski definition) is 10. The molecular weight excluding hydrogens is 710 g/mol. The molecule has 0 saturated carbocycles. The average Bonchev–Trinajstić information content (AvgIpc) is 2.99. The number of phenolic OH excluding ortho intramolecular Hbond substituents is 1. The molecule has 14 nitrogen and oxygen atoms in total. The Kier molecular flexibility index (Phi) is 9.48. The zero-order chi connectivity index (χ0) is 35.0. The highest BCUT2D eigenvalue weighted by Gasteiger charge is 2.31. The maximum Gasteiger partial charge on any atom is 0.364 e. The van der Waals surface area contributed by atoms with E-state index < -0.39 is 68.2 Å². The summed E-state index contributed by atoms with van der Waals surface area (Å²) in [6, 6.07) is 20.8. The molecule has 5 aromatic carbocycles. The molecule has 0 aromatic heterocycles. The first kappa shape index (κ1) is 34.7. The summed E-state index contributed by atoms with van der Waals surface area (Å²) in [7, 11) is -15.7. The van der Waals surface area contributed by atoms with Crippen molar-refractivity contribution < 1.29 is 48.8 Å². The van der Waals surface area contributed by atoms with Gasteiger partial charge in [-0.05, 0) is 66.4 Å². The van der Waals surface area contributed by atoms with Gasteiger partial charge in [0, 0.05) is 5.02 Å². The Labute approximate surface area is 279 Å². The van der Waals surface area contributed by atoms with Crippen LogP contribution < -0.4 is 9.04 Å². The number of aromatic hydroxyl groups is 1. The Morgan fingerprint density at radius 1 is 0.792 bits per heavy atom. The fourth-order valence-electron chi connectivity index (χ4n) is 4.65. The van der Waals surface area contributed by atoms with Gasteiger partial charge < -0.3 is 9.84 Å². The van der Waals surface area contributed by atoms with E-state index in [1.165, 1.54) is 42.5 Å². The van der Waals surface area contributed by atoms with E-state index in [0.717, 1.165) is 5.56 Å². The molecule has 0 aliphatic carbocycles. The predicted octanol–water partition coefficient (Wildman–Crippen LogP) is 6.94. The van der Waals surface area contributed by atoms with E-state index in [2.05, 4.69) is 10.2 Å². The Balaban J connectivity index is 1.79. The smallest absolute Gasteiger partial charge is 0.364 e. The predicted molar refractivity (Wildman–Crippen MR) is 177 cm³/mol. The lowest BCUT2D eigenvalue weighted by atomic mass is 10.1. The van der Waals surface area contributed by atoms with Gasteiger partial charge in [0.05, 0.1) is 21.7 Å². The molecule has 48 heavy (non-hydrogen) atoms. The van der Waals surface area contributed by atoms with Crippen LogP contribution in [0.1, 0.15) is 11.1 Å². The van der Waals surface area contributed by atoms with Crippen LogP contribution in [0.15, 0.2) is 111 Å². The molecule has 0 spiro atoms. The van der Waals surface area contributed by atoms with Crippen LogP contribution in [0.2, 0.25) is 5.02 Å². The number of azo groups is 1. The van der Waals surface area contributed by atoms with E-state index in [9.17, 15) is 44.0 Å². The molecule has 0 amide bonds. The Bertz CT molecular complexity index is 2410. The highest BCUT2D eigenvalue weighted by molar-refractivity contribution is 7.87. The third-order valence-corrected chi connectivity index (χ3v) is 9.61. The summed E-state index contributed by atoms with van der Waals surface area (Å²) in [5, 5.41) is 18.5. The second kappa shape index (κ2) is 13.1. The number of hydrogen-bond donors (Lipinski definition) is 4. The first-order valence-corrected chi connectivity index (χ1v) is 18.1. The quantitative estimate of drug-likeness (QED) is 0.0850. The summed E-state index contributed by atoms with van der Waals surface area (Å²) in [6.07, 6.45) is 0. The molecule has 18 heteroatoms. The van der Waals surface area contributed by atoms with Gasteiger partial charge >= 0.3 is 10.3 Å². The molecule has 0 saturated heterocycles. The third-order valence-electron chi connectivity index (χ3n) is 6.81. The number of anilines is 2. The zero-order valence-electron chi connectivity index (χ0n) is 24.5. The molecule has 0 aliphatic rings. The minimum atomic E-state index is -5.31. The monoisotopic (exact) mass is 733 g/mol. The number of aryl methyl sites for hydroxylation is 1. The summed E-state index contributed by atoms with van der Waals surface area (Å²) in [5.74, 6) is -0.966. The number of benzene rings is 5. The van der Waals surface area contributed by atoms with Crippen molar-refractivity contribution >= 4 is 75.7 Å². The zero-order valence-corrected chi connectivity index (χ0v) is 27.7. The summed E-state index contributed by atoms with van der Waals surface area (Å²) < 4.78 is 111. The fourth-order valence-corrected chi connectivity index (χ4v) is 6.79. The van der Waals surface area contributed by atoms with Gasteiger partial charge in [-0.1, -0.05) is 59.6 Å². The van der Waals surface area contributed by atoms with Gasteiger partial charge in [0.1, 0.15) is 28.6 Å². The van der Waals surface area contributed by atoms with Crippen molar-refractivity contribution in [2.45, 2.75) is 23.3 Å². The molecule has 5 rings (SSSR count). The lowest BCUT2D eigenvalue weighted by Crippen LogP contribution is -2.25. The van der Waals surface area contributed by atoms with Crippen LogP contribution in [0.4, 0.5) is 22.7 Å². The van der Waals surface area contributed by atoms with E-state index in [0.29, 0.717) is 23.8 Å². The van der Waals surface area contributed by atoms with Crippen LogP contribution in [0, 0.1) is 6.92 Å². The second-order valence-corrected chi connectivity index (χ2v) is 14.7. The molecule has 0 unspecified atom stereocenters. The standard InChI is InChI=1S/C30H24ClN3O11S3/c1-18-7-10-22(11-8-18)34(48(42,43)44)25-16-23(46(36,37)38)13-20-14-27(47(39,40)41)29(30(35)28(20)25)33-32-24-15-21(31)9-12-26(24)45-17-19-5-3-2-4-6-19/h2-16,35H,17H2,1H3,(H,36,37,38)(H,39,40,41)(H,42,43,44). The van der Waals surface area contributed by atoms with Crippen molar-refractivity contribution in [1.82, 2.24) is 0 Å². The lowest BCUT2D eigenvalue weighted by Gasteiger charge is -2.24. The molecule has 0 aliphatic heterocycles. The van der Waals surface area contributed by atoms with Crippen molar-refractivity contribution in [1.29, 1.82) is 0 Å². The summed E-state index contributed by atoms with van der Waals surface area (Å²) in [5.41, 5.74) is -0.444. The number of ether oxygens (including phenoxy) is 1. The number of nitrogens with zero attached hydrogens (tertiary/aromatic N) is 3. The molecule has 250 valence electrons. The first-order chi connectivity index (χ1) is 22.4. The van der Waals surface area contributed by atoms with E-state index in [1.54, 1.807) is 31.2 Å². The molecule has 0 heterocycles. The van der Waals surface area contributed by atoms with Gasteiger partial charge in [-0.15, -0.1) is 10.2 Å². The Morgan fingerprint density at radius 3 is 2.06 bits per heavy atom. The maximum atomic E-state index is 12.8. The Morgan fingerprint density at radius 2 is 1.46 bits per heavy atom. The first-order valence-electron chi connectivity index (χ1n) is 13.4. The van der Waals surface area contributed by atoms with Crippen LogP contribution in [0.25, 0.3) is 10.8 Å². The Hall–Kier alpha value is -4.62. The second-order valence-electron chi connectivity index (χ2n) is 10.2. The molecule has 5 aromatic rings. The fraction of sp³-hybridized carbons (Fsp3) is 0.0667. The lowest BCUT2D eigenvalue weighted by molar-refractivity contribution is 0.307. The summed E-state index contributed by atoms with van der Waals surface area (Å²) >= 11 is 6.15. The van der Waals surface area contributed by atoms with Crippen molar-refractivity contribution in [2.75, 3.05) is 4.31 Å². The van der Waals surface area contributed by atoms with Crippen molar-refractivity contribution in [3.05, 3.63) is 107 Å². The summed E-state index contributed by atoms with van der Waals surface area (Å²) in [6.45, 7) is 1.78. The van der Waals surface area contributed by atoms with Crippen LogP contribution in [-0.4, -0.2) is 44.0 Å². The van der Waals surface area contributed by atoms with Crippen LogP contribution in [-0.2, 0) is 37.1 Å². The molecule has 0 fully saturated rings. The topological polar surface area (TPSA) is 221 Å². The number of rotatable bonds is 10. The maximum absolute atomic E-state index is 12.8. The summed E-state index contributed by atoms with van der Waals surface area (Å²) in [4.78, 5) is -2.02. The van der Waals surface area contributed by atoms with E-state index in [4.69, 9.17) is 16.3 Å². The van der Waals surface area contributed by atoms with E-state index in [1.807, 2.05) is 6.07 Å². The molecule has 4 N–H and O–H groups in total. The highest BCUT2D eigenvalue weighted by Crippen LogP contribution is 2.48. The number of phenols is 1. The van der Waals surface area contributed by atoms with E-state index in [-0.39, 0.29) is 33.1 Å². The highest BCUT2D eigenvalue weighted by atomic mass is 35.5. The van der Waals surface area contributed by atoms with Crippen molar-refractivity contribution in [3.63, 3.8) is 0 Å². The van der Waals surface area contributed by atoms with Crippen LogP contribution in [0.3, 0.4) is 0 Å². The number of halogens is 1. The van der Waals surface area contributed by atoms with Gasteiger partial charge in [-0.3, -0.25) is 13.7 Å².